The molecule has 1 aliphatic heterocycles. The van der Waals surface area contributed by atoms with Gasteiger partial charge in [0.05, 0.1) is 6.54 Å². The second kappa shape index (κ2) is 4.92. The van der Waals surface area contributed by atoms with Gasteiger partial charge >= 0.3 is 6.18 Å². The van der Waals surface area contributed by atoms with Crippen molar-refractivity contribution in [2.75, 3.05) is 19.6 Å². The first-order valence-corrected chi connectivity index (χ1v) is 5.88. The van der Waals surface area contributed by atoms with Crippen molar-refractivity contribution < 1.29 is 13.2 Å². The van der Waals surface area contributed by atoms with Crippen LogP contribution < -0.4 is 5.32 Å². The Kier molecular flexibility index (Phi) is 4.23. The van der Waals surface area contributed by atoms with Crippen LogP contribution in [0.5, 0.6) is 0 Å². The summed E-state index contributed by atoms with van der Waals surface area (Å²) < 4.78 is 37.2. The maximum Gasteiger partial charge on any atom is 0.401 e. The number of nitrogens with one attached hydrogen (secondary N) is 1. The lowest BCUT2D eigenvalue weighted by Crippen LogP contribution is -2.64. The zero-order valence-corrected chi connectivity index (χ0v) is 10.2. The molecule has 96 valence electrons. The molecule has 0 aromatic rings. The van der Waals surface area contributed by atoms with Crippen LogP contribution >= 0.6 is 0 Å². The largest absolute Gasteiger partial charge is 0.401 e. The molecule has 0 aliphatic carbocycles. The van der Waals surface area contributed by atoms with Crippen LogP contribution in [0.15, 0.2) is 0 Å². The van der Waals surface area contributed by atoms with Gasteiger partial charge in [0, 0.05) is 24.7 Å². The lowest BCUT2D eigenvalue weighted by molar-refractivity contribution is -0.156. The normalized spacial score (nSPS) is 27.0. The molecule has 1 fully saturated rings. The van der Waals surface area contributed by atoms with E-state index in [1.54, 1.807) is 4.90 Å². The Labute approximate surface area is 95.2 Å². The third-order valence-corrected chi connectivity index (χ3v) is 3.64. The fourth-order valence-electron chi connectivity index (χ4n) is 2.26. The Morgan fingerprint density at radius 3 is 2.31 bits per heavy atom. The van der Waals surface area contributed by atoms with Gasteiger partial charge in [-0.15, -0.1) is 0 Å². The van der Waals surface area contributed by atoms with E-state index in [2.05, 4.69) is 5.32 Å². The summed E-state index contributed by atoms with van der Waals surface area (Å²) in [5, 5.41) is 3.39. The molecule has 5 heteroatoms. The molecule has 0 radical (unpaired) electrons. The summed E-state index contributed by atoms with van der Waals surface area (Å²) in [4.78, 5) is 1.55. The second-order valence-corrected chi connectivity index (χ2v) is 4.74. The van der Waals surface area contributed by atoms with Gasteiger partial charge in [-0.05, 0) is 19.8 Å². The number of nitrogens with zero attached hydrogens (tertiary/aromatic N) is 1. The van der Waals surface area contributed by atoms with Crippen LogP contribution in [-0.2, 0) is 0 Å². The van der Waals surface area contributed by atoms with Crippen LogP contribution in [0.3, 0.4) is 0 Å². The minimum atomic E-state index is -4.10. The van der Waals surface area contributed by atoms with Crippen molar-refractivity contribution in [3.05, 3.63) is 0 Å². The number of hydrogen-bond acceptors (Lipinski definition) is 2. The summed E-state index contributed by atoms with van der Waals surface area (Å²) in [7, 11) is 0. The topological polar surface area (TPSA) is 15.3 Å². The molecule has 1 atom stereocenters. The van der Waals surface area contributed by atoms with Gasteiger partial charge in [-0.2, -0.15) is 13.2 Å². The SMILES string of the molecule is CCC1(CC)CN(CC(F)(F)F)C(C)CN1. The van der Waals surface area contributed by atoms with Crippen LogP contribution in [0.1, 0.15) is 33.6 Å². The summed E-state index contributed by atoms with van der Waals surface area (Å²) in [6.07, 6.45) is -2.37. The van der Waals surface area contributed by atoms with Crippen LogP contribution in [0.25, 0.3) is 0 Å². The number of piperazine rings is 1. The highest BCUT2D eigenvalue weighted by molar-refractivity contribution is 4.95. The molecule has 0 bridgehead atoms. The lowest BCUT2D eigenvalue weighted by atomic mass is 9.89. The number of alkyl halides is 3. The first-order chi connectivity index (χ1) is 7.32. The maximum atomic E-state index is 12.4. The predicted octanol–water partition coefficient (Wildman–Crippen LogP) is 2.40. The summed E-state index contributed by atoms with van der Waals surface area (Å²) in [6.45, 7) is 6.22. The highest BCUT2D eigenvalue weighted by atomic mass is 19.4. The maximum absolute atomic E-state index is 12.4. The first-order valence-electron chi connectivity index (χ1n) is 5.88. The molecule has 1 aliphatic rings. The number of rotatable bonds is 3. The molecule has 1 saturated heterocycles. The standard InChI is InChI=1S/C11H21F3N2/c1-4-10(5-2)7-16(8-11(12,13)14)9(3)6-15-10/h9,15H,4-8H2,1-3H3. The molecule has 0 spiro atoms. The fraction of sp³-hybridized carbons (Fsp3) is 1.00. The number of halogens is 3. The van der Waals surface area contributed by atoms with Gasteiger partial charge in [-0.3, -0.25) is 4.90 Å². The summed E-state index contributed by atoms with van der Waals surface area (Å²) >= 11 is 0. The van der Waals surface area contributed by atoms with E-state index in [1.165, 1.54) is 0 Å². The van der Waals surface area contributed by atoms with Gasteiger partial charge in [0.2, 0.25) is 0 Å². The number of hydrogen-bond donors (Lipinski definition) is 1. The van der Waals surface area contributed by atoms with Crippen LogP contribution in [0.2, 0.25) is 0 Å². The van der Waals surface area contributed by atoms with Gasteiger partial charge in [0.15, 0.2) is 0 Å². The third kappa shape index (κ3) is 3.35. The third-order valence-electron chi connectivity index (χ3n) is 3.64. The van der Waals surface area contributed by atoms with E-state index in [1.807, 2.05) is 20.8 Å². The van der Waals surface area contributed by atoms with Gasteiger partial charge in [0.1, 0.15) is 0 Å². The molecule has 2 nitrogen and oxygen atoms in total. The van der Waals surface area contributed by atoms with Crippen molar-refractivity contribution in [3.8, 4) is 0 Å². The molecular weight excluding hydrogens is 217 g/mol. The van der Waals surface area contributed by atoms with Crippen LogP contribution in [0, 0.1) is 0 Å². The van der Waals surface area contributed by atoms with Crippen LogP contribution in [0.4, 0.5) is 13.2 Å². The highest BCUT2D eigenvalue weighted by Gasteiger charge is 2.40. The zero-order chi connectivity index (χ0) is 12.4. The lowest BCUT2D eigenvalue weighted by Gasteiger charge is -2.46. The van der Waals surface area contributed by atoms with E-state index in [4.69, 9.17) is 0 Å². The quantitative estimate of drug-likeness (QED) is 0.812. The average molecular weight is 238 g/mol. The van der Waals surface area contributed by atoms with Gasteiger partial charge in [0.25, 0.3) is 0 Å². The first kappa shape index (κ1) is 13.8. The minimum absolute atomic E-state index is 0.0483. The summed E-state index contributed by atoms with van der Waals surface area (Å²) in [5.74, 6) is 0. The van der Waals surface area contributed by atoms with Crippen LogP contribution in [-0.4, -0.2) is 42.3 Å². The van der Waals surface area contributed by atoms with Crippen molar-refractivity contribution in [2.24, 2.45) is 0 Å². The van der Waals surface area contributed by atoms with Crippen molar-refractivity contribution in [2.45, 2.75) is 51.4 Å². The predicted molar refractivity (Wildman–Crippen MR) is 58.4 cm³/mol. The summed E-state index contributed by atoms with van der Waals surface area (Å²) in [6, 6.07) is -0.0483. The molecule has 1 N–H and O–H groups in total. The monoisotopic (exact) mass is 238 g/mol. The van der Waals surface area contributed by atoms with Crippen molar-refractivity contribution in [3.63, 3.8) is 0 Å². The second-order valence-electron chi connectivity index (χ2n) is 4.74. The minimum Gasteiger partial charge on any atom is -0.308 e. The van der Waals surface area contributed by atoms with Gasteiger partial charge in [-0.1, -0.05) is 13.8 Å². The average Bonchev–Trinajstić information content (AvgIpc) is 2.20. The molecular formula is C11H21F3N2. The van der Waals surface area contributed by atoms with E-state index in [0.29, 0.717) is 13.1 Å². The highest BCUT2D eigenvalue weighted by Crippen LogP contribution is 2.26. The molecule has 16 heavy (non-hydrogen) atoms. The smallest absolute Gasteiger partial charge is 0.308 e. The van der Waals surface area contributed by atoms with Crippen molar-refractivity contribution in [1.29, 1.82) is 0 Å². The van der Waals surface area contributed by atoms with E-state index in [-0.39, 0.29) is 11.6 Å². The van der Waals surface area contributed by atoms with E-state index >= 15 is 0 Å². The molecule has 0 amide bonds. The molecule has 1 heterocycles. The van der Waals surface area contributed by atoms with Gasteiger partial charge in [-0.25, -0.2) is 0 Å². The Balaban J connectivity index is 2.68. The zero-order valence-electron chi connectivity index (χ0n) is 10.2. The molecule has 0 aromatic heterocycles. The Bertz CT molecular complexity index is 224. The molecule has 0 saturated carbocycles. The molecule has 0 aromatic carbocycles. The summed E-state index contributed by atoms with van der Waals surface area (Å²) in [5.41, 5.74) is -0.141. The Morgan fingerprint density at radius 1 is 1.31 bits per heavy atom. The fourth-order valence-corrected chi connectivity index (χ4v) is 2.26. The van der Waals surface area contributed by atoms with Crippen molar-refractivity contribution >= 4 is 0 Å². The molecule has 1 unspecified atom stereocenters. The van der Waals surface area contributed by atoms with Gasteiger partial charge < -0.3 is 5.32 Å². The molecule has 1 rings (SSSR count). The Hall–Kier alpha value is -0.290. The van der Waals surface area contributed by atoms with E-state index in [0.717, 1.165) is 12.8 Å². The van der Waals surface area contributed by atoms with E-state index < -0.39 is 12.7 Å². The Morgan fingerprint density at radius 2 is 1.88 bits per heavy atom. The van der Waals surface area contributed by atoms with Crippen molar-refractivity contribution in [1.82, 2.24) is 10.2 Å². The van der Waals surface area contributed by atoms with E-state index in [9.17, 15) is 13.2 Å².